The zero-order chi connectivity index (χ0) is 16.7. The maximum Gasteiger partial charge on any atom is 0.331 e. The molecule has 1 aliphatic carbocycles. The highest BCUT2D eigenvalue weighted by Crippen LogP contribution is 2.18. The van der Waals surface area contributed by atoms with E-state index in [4.69, 9.17) is 9.47 Å². The molecular formula is C16H18N2O5. The first kappa shape index (κ1) is 16.5. The molecule has 7 nitrogen and oxygen atoms in total. The molecule has 7 heteroatoms. The Bertz CT molecular complexity index is 605. The highest BCUT2D eigenvalue weighted by molar-refractivity contribution is 5.96. The Hall–Kier alpha value is -2.83. The van der Waals surface area contributed by atoms with Crippen LogP contribution in [0.2, 0.25) is 0 Å². The summed E-state index contributed by atoms with van der Waals surface area (Å²) >= 11 is 0. The lowest BCUT2D eigenvalue weighted by Crippen LogP contribution is -2.42. The summed E-state index contributed by atoms with van der Waals surface area (Å²) in [5.74, 6) is -0.626. The van der Waals surface area contributed by atoms with Gasteiger partial charge in [-0.05, 0) is 36.6 Å². The molecule has 0 aromatic heterocycles. The van der Waals surface area contributed by atoms with Crippen molar-refractivity contribution in [1.29, 1.82) is 0 Å². The van der Waals surface area contributed by atoms with Gasteiger partial charge in [0.1, 0.15) is 5.75 Å². The van der Waals surface area contributed by atoms with Gasteiger partial charge in [-0.3, -0.25) is 10.1 Å². The van der Waals surface area contributed by atoms with Gasteiger partial charge < -0.3 is 14.8 Å². The first-order valence-corrected chi connectivity index (χ1v) is 7.16. The lowest BCUT2D eigenvalue weighted by molar-refractivity contribution is -0.143. The van der Waals surface area contributed by atoms with Crippen LogP contribution in [0.15, 0.2) is 30.3 Å². The minimum atomic E-state index is -0.672. The molecule has 0 aliphatic heterocycles. The fourth-order valence-electron chi connectivity index (χ4n) is 1.68. The maximum atomic E-state index is 11.5. The van der Waals surface area contributed by atoms with Crippen LogP contribution >= 0.6 is 0 Å². The van der Waals surface area contributed by atoms with E-state index in [-0.39, 0.29) is 6.04 Å². The number of benzene rings is 1. The van der Waals surface area contributed by atoms with Crippen LogP contribution in [0.4, 0.5) is 4.79 Å². The van der Waals surface area contributed by atoms with Gasteiger partial charge in [-0.25, -0.2) is 9.59 Å². The molecule has 2 N–H and O–H groups in total. The van der Waals surface area contributed by atoms with Gasteiger partial charge in [0.2, 0.25) is 0 Å². The molecule has 0 bridgehead atoms. The fraction of sp³-hybridized carbons (Fsp3) is 0.312. The predicted octanol–water partition coefficient (Wildman–Crippen LogP) is 1.24. The van der Waals surface area contributed by atoms with Crippen LogP contribution in [-0.2, 0) is 14.3 Å². The summed E-state index contributed by atoms with van der Waals surface area (Å²) in [6.07, 6.45) is 4.61. The van der Waals surface area contributed by atoms with Crippen LogP contribution in [0.25, 0.3) is 6.08 Å². The molecule has 3 amide bonds. The highest BCUT2D eigenvalue weighted by Gasteiger charge is 2.23. The summed E-state index contributed by atoms with van der Waals surface area (Å²) in [5, 5.41) is 4.68. The summed E-state index contributed by atoms with van der Waals surface area (Å²) < 4.78 is 9.78. The Morgan fingerprint density at radius 2 is 1.91 bits per heavy atom. The van der Waals surface area contributed by atoms with E-state index >= 15 is 0 Å². The molecule has 1 fully saturated rings. The van der Waals surface area contributed by atoms with Crippen LogP contribution < -0.4 is 15.4 Å². The molecule has 0 heterocycles. The number of amides is 3. The van der Waals surface area contributed by atoms with Crippen molar-refractivity contribution in [1.82, 2.24) is 10.6 Å². The smallest absolute Gasteiger partial charge is 0.331 e. The summed E-state index contributed by atoms with van der Waals surface area (Å²) in [6.45, 7) is -0.510. The standard InChI is InChI=1S/C16H18N2O5/c1-22-13-7-2-11(3-8-13)4-9-15(20)23-10-14(19)18-16(21)17-12-5-6-12/h2-4,7-9,12H,5-6,10H2,1H3,(H2,17,18,19,21)/b9-4+. The Kier molecular flexibility index (Phi) is 5.74. The summed E-state index contributed by atoms with van der Waals surface area (Å²) in [5.41, 5.74) is 0.788. The second kappa shape index (κ2) is 7.98. The van der Waals surface area contributed by atoms with Gasteiger partial charge in [0.25, 0.3) is 5.91 Å². The Morgan fingerprint density at radius 1 is 1.22 bits per heavy atom. The van der Waals surface area contributed by atoms with Crippen LogP contribution in [0.5, 0.6) is 5.75 Å². The molecule has 23 heavy (non-hydrogen) atoms. The number of nitrogens with one attached hydrogen (secondary N) is 2. The van der Waals surface area contributed by atoms with Gasteiger partial charge in [0, 0.05) is 12.1 Å². The number of carbonyl (C=O) groups is 3. The zero-order valence-corrected chi connectivity index (χ0v) is 12.7. The number of imide groups is 1. The third-order valence-corrected chi connectivity index (χ3v) is 3.04. The Labute approximate surface area is 133 Å². The van der Waals surface area contributed by atoms with Crippen molar-refractivity contribution in [2.75, 3.05) is 13.7 Å². The largest absolute Gasteiger partial charge is 0.497 e. The third kappa shape index (κ3) is 6.21. The Morgan fingerprint density at radius 3 is 2.52 bits per heavy atom. The molecule has 1 saturated carbocycles. The van der Waals surface area contributed by atoms with E-state index in [0.29, 0.717) is 5.75 Å². The predicted molar refractivity (Wildman–Crippen MR) is 82.7 cm³/mol. The fourth-order valence-corrected chi connectivity index (χ4v) is 1.68. The lowest BCUT2D eigenvalue weighted by Gasteiger charge is -2.05. The van der Waals surface area contributed by atoms with Gasteiger partial charge in [-0.1, -0.05) is 12.1 Å². The first-order valence-electron chi connectivity index (χ1n) is 7.16. The van der Waals surface area contributed by atoms with Crippen LogP contribution in [0.1, 0.15) is 18.4 Å². The Balaban J connectivity index is 1.69. The molecule has 1 aliphatic rings. The van der Waals surface area contributed by atoms with Crippen molar-refractivity contribution in [2.45, 2.75) is 18.9 Å². The average molecular weight is 318 g/mol. The van der Waals surface area contributed by atoms with E-state index in [2.05, 4.69) is 10.6 Å². The molecule has 1 aromatic rings. The summed E-state index contributed by atoms with van der Waals surface area (Å²) in [4.78, 5) is 34.2. The lowest BCUT2D eigenvalue weighted by atomic mass is 10.2. The van der Waals surface area contributed by atoms with Crippen LogP contribution in [0, 0.1) is 0 Å². The van der Waals surface area contributed by atoms with Crippen molar-refractivity contribution in [3.8, 4) is 5.75 Å². The quantitative estimate of drug-likeness (QED) is 0.608. The summed E-state index contributed by atoms with van der Waals surface area (Å²) in [6, 6.07) is 6.66. The number of hydrogen-bond donors (Lipinski definition) is 2. The minimum absolute atomic E-state index is 0.151. The topological polar surface area (TPSA) is 93.7 Å². The zero-order valence-electron chi connectivity index (χ0n) is 12.7. The molecule has 0 radical (unpaired) electrons. The number of carbonyl (C=O) groups excluding carboxylic acids is 3. The molecule has 0 unspecified atom stereocenters. The second-order valence-electron chi connectivity index (χ2n) is 5.01. The van der Waals surface area contributed by atoms with E-state index in [1.807, 2.05) is 0 Å². The SMILES string of the molecule is COc1ccc(/C=C/C(=O)OCC(=O)NC(=O)NC2CC2)cc1. The van der Waals surface area contributed by atoms with Gasteiger partial charge in [0.05, 0.1) is 7.11 Å². The van der Waals surface area contributed by atoms with Gasteiger partial charge in [-0.2, -0.15) is 0 Å². The van der Waals surface area contributed by atoms with Crippen molar-refractivity contribution in [3.05, 3.63) is 35.9 Å². The van der Waals surface area contributed by atoms with E-state index in [1.165, 1.54) is 6.08 Å². The van der Waals surface area contributed by atoms with Crippen LogP contribution in [0.3, 0.4) is 0 Å². The molecule has 2 rings (SSSR count). The van der Waals surface area contributed by atoms with Gasteiger partial charge in [0.15, 0.2) is 6.61 Å². The number of hydrogen-bond acceptors (Lipinski definition) is 5. The van der Waals surface area contributed by atoms with Crippen LogP contribution in [-0.4, -0.2) is 37.7 Å². The second-order valence-corrected chi connectivity index (χ2v) is 5.01. The van der Waals surface area contributed by atoms with Gasteiger partial charge >= 0.3 is 12.0 Å². The molecule has 0 spiro atoms. The van der Waals surface area contributed by atoms with E-state index in [0.717, 1.165) is 18.4 Å². The molecule has 122 valence electrons. The molecular weight excluding hydrogens is 300 g/mol. The normalized spacial score (nSPS) is 13.4. The molecule has 1 aromatic carbocycles. The first-order chi connectivity index (χ1) is 11.1. The summed E-state index contributed by atoms with van der Waals surface area (Å²) in [7, 11) is 1.57. The van der Waals surface area contributed by atoms with Crippen molar-refractivity contribution < 1.29 is 23.9 Å². The molecule has 0 saturated heterocycles. The van der Waals surface area contributed by atoms with Crippen molar-refractivity contribution in [2.24, 2.45) is 0 Å². The number of esters is 1. The van der Waals surface area contributed by atoms with Crippen molar-refractivity contribution in [3.63, 3.8) is 0 Å². The van der Waals surface area contributed by atoms with Gasteiger partial charge in [-0.15, -0.1) is 0 Å². The number of rotatable bonds is 6. The maximum absolute atomic E-state index is 11.5. The minimum Gasteiger partial charge on any atom is -0.497 e. The van der Waals surface area contributed by atoms with Crippen molar-refractivity contribution >= 4 is 24.0 Å². The monoisotopic (exact) mass is 318 g/mol. The van der Waals surface area contributed by atoms with E-state index in [1.54, 1.807) is 37.5 Å². The highest BCUT2D eigenvalue weighted by atomic mass is 16.5. The molecule has 0 atom stereocenters. The number of urea groups is 1. The average Bonchev–Trinajstić information content (AvgIpc) is 3.35. The number of ether oxygens (including phenoxy) is 2. The van der Waals surface area contributed by atoms with E-state index in [9.17, 15) is 14.4 Å². The number of methoxy groups -OCH3 is 1. The third-order valence-electron chi connectivity index (χ3n) is 3.04. The van der Waals surface area contributed by atoms with E-state index < -0.39 is 24.5 Å².